The Kier molecular flexibility index (Phi) is 9.48. The second kappa shape index (κ2) is 10.8. The molecule has 0 amide bonds. The standard InChI is InChI=1S/C20H18IN2O2.U/c1-3-13(16-6-4-5-7-18(16)23-2)10-14-8-9-15(19(24)12-22)11-17(14)20(21)25;/h3,5-9,11-12,22-23H,10H2,1-2H3;/q-1;/b13-3-,22-12?;. The Morgan fingerprint density at radius 1 is 1.27 bits per heavy atom. The van der Waals surface area contributed by atoms with Gasteiger partial charge in [0.2, 0.25) is 9.57 Å². The molecular weight excluding hydrogens is 665 g/mol. The first-order chi connectivity index (χ1) is 12.0. The topological polar surface area (TPSA) is 70.0 Å². The molecule has 2 rings (SSSR count). The maximum Gasteiger partial charge on any atom is 0.222 e. The summed E-state index contributed by atoms with van der Waals surface area (Å²) in [6.07, 6.45) is 3.33. The van der Waals surface area contributed by atoms with E-state index in [0.29, 0.717) is 17.5 Å². The molecule has 0 bridgehead atoms. The third kappa shape index (κ3) is 5.38. The minimum atomic E-state index is -0.410. The first kappa shape index (κ1) is 22.8. The van der Waals surface area contributed by atoms with E-state index < -0.39 is 5.78 Å². The maximum absolute atomic E-state index is 12.0. The van der Waals surface area contributed by atoms with Crippen molar-refractivity contribution in [3.63, 3.8) is 0 Å². The van der Waals surface area contributed by atoms with Crippen molar-refractivity contribution in [2.45, 2.75) is 13.3 Å². The fourth-order valence-electron chi connectivity index (χ4n) is 2.62. The average molecular weight is 683 g/mol. The molecule has 2 aromatic carbocycles. The van der Waals surface area contributed by atoms with Crippen LogP contribution in [0.2, 0.25) is 0 Å². The van der Waals surface area contributed by atoms with Crippen LogP contribution < -0.4 is 5.32 Å². The molecule has 0 atom stereocenters. The molecule has 0 aliphatic heterocycles. The quantitative estimate of drug-likeness (QED) is 0.148. The van der Waals surface area contributed by atoms with Gasteiger partial charge in [0.15, 0.2) is 0 Å². The molecule has 0 saturated carbocycles. The molecule has 132 valence electrons. The van der Waals surface area contributed by atoms with Crippen LogP contribution >= 0.6 is 22.6 Å². The van der Waals surface area contributed by atoms with E-state index in [4.69, 9.17) is 5.41 Å². The molecule has 0 fully saturated rings. The number of carbonyl (C=O) groups is 2. The summed E-state index contributed by atoms with van der Waals surface area (Å²) in [5, 5.41) is 10.3. The van der Waals surface area contributed by atoms with E-state index in [1.165, 1.54) is 0 Å². The predicted octanol–water partition coefficient (Wildman–Crippen LogP) is 4.58. The molecule has 2 aromatic rings. The first-order valence-electron chi connectivity index (χ1n) is 7.72. The minimum absolute atomic E-state index is 0. The number of hydrogen-bond acceptors (Lipinski definition) is 4. The van der Waals surface area contributed by atoms with Crippen LogP contribution in [-0.4, -0.2) is 22.8 Å². The van der Waals surface area contributed by atoms with E-state index in [1.54, 1.807) is 40.8 Å². The zero-order valence-corrected chi connectivity index (χ0v) is 20.8. The smallest absolute Gasteiger partial charge is 0.222 e. The average Bonchev–Trinajstić information content (AvgIpc) is 2.65. The van der Waals surface area contributed by atoms with Crippen LogP contribution in [0.1, 0.15) is 38.8 Å². The number of ketones is 1. The SMILES string of the molecule is C/C=C(/Cc1ccc(C(=O)C=N)cc1C(=O)I)c1c[c-]ccc1NC.[U]. The van der Waals surface area contributed by atoms with Crippen LogP contribution in [0.4, 0.5) is 5.69 Å². The number of benzene rings is 2. The zero-order chi connectivity index (χ0) is 18.4. The van der Waals surface area contributed by atoms with E-state index in [2.05, 4.69) is 11.4 Å². The zero-order valence-electron chi connectivity index (χ0n) is 14.5. The molecule has 0 spiro atoms. The summed E-state index contributed by atoms with van der Waals surface area (Å²) in [7, 11) is 1.86. The Hall–Kier alpha value is -1.23. The Morgan fingerprint density at radius 3 is 2.58 bits per heavy atom. The largest absolute Gasteiger partial charge is 0.409 e. The van der Waals surface area contributed by atoms with Gasteiger partial charge in [0, 0.05) is 71.9 Å². The van der Waals surface area contributed by atoms with Gasteiger partial charge < -0.3 is 10.7 Å². The third-order valence-electron chi connectivity index (χ3n) is 3.95. The van der Waals surface area contributed by atoms with Gasteiger partial charge in [0.25, 0.3) is 0 Å². The van der Waals surface area contributed by atoms with Crippen molar-refractivity contribution < 1.29 is 40.7 Å². The third-order valence-corrected chi connectivity index (χ3v) is 4.53. The van der Waals surface area contributed by atoms with Crippen LogP contribution in [0, 0.1) is 42.6 Å². The van der Waals surface area contributed by atoms with Crippen LogP contribution in [0.5, 0.6) is 0 Å². The second-order valence-electron chi connectivity index (χ2n) is 5.37. The van der Waals surface area contributed by atoms with Crippen molar-refractivity contribution in [1.29, 1.82) is 5.41 Å². The van der Waals surface area contributed by atoms with Gasteiger partial charge in [-0.1, -0.05) is 29.5 Å². The Balaban J connectivity index is 0.00000338. The van der Waals surface area contributed by atoms with E-state index in [-0.39, 0.29) is 34.9 Å². The van der Waals surface area contributed by atoms with Crippen molar-refractivity contribution in [3.05, 3.63) is 70.8 Å². The summed E-state index contributed by atoms with van der Waals surface area (Å²) in [5.74, 6) is -0.410. The van der Waals surface area contributed by atoms with Crippen molar-refractivity contribution in [3.8, 4) is 0 Å². The maximum atomic E-state index is 12.0. The monoisotopic (exact) mass is 683 g/mol. The summed E-state index contributed by atoms with van der Waals surface area (Å²) in [6.45, 7) is 1.96. The van der Waals surface area contributed by atoms with Crippen LogP contribution in [0.3, 0.4) is 0 Å². The number of allylic oxidation sites excluding steroid dienone is 2. The summed E-state index contributed by atoms with van der Waals surface area (Å²) in [6, 6.07) is 13.8. The summed E-state index contributed by atoms with van der Waals surface area (Å²) in [5.41, 5.74) is 4.78. The summed E-state index contributed by atoms with van der Waals surface area (Å²) in [4.78, 5) is 23.7. The van der Waals surface area contributed by atoms with Gasteiger partial charge in [-0.2, -0.15) is 18.2 Å². The van der Waals surface area contributed by atoms with Crippen molar-refractivity contribution in [2.75, 3.05) is 12.4 Å². The van der Waals surface area contributed by atoms with Crippen LogP contribution in [0.25, 0.3) is 5.57 Å². The Labute approximate surface area is 190 Å². The van der Waals surface area contributed by atoms with Crippen LogP contribution in [-0.2, 0) is 6.42 Å². The molecule has 0 radical (unpaired) electrons. The fraction of sp³-hybridized carbons (Fsp3) is 0.150. The number of rotatable bonds is 7. The van der Waals surface area contributed by atoms with Gasteiger partial charge in [-0.15, -0.1) is 11.6 Å². The predicted molar refractivity (Wildman–Crippen MR) is 110 cm³/mol. The molecule has 0 saturated heterocycles. The first-order valence-corrected chi connectivity index (χ1v) is 8.80. The van der Waals surface area contributed by atoms with Crippen molar-refractivity contribution >= 4 is 49.6 Å². The fourth-order valence-corrected chi connectivity index (χ4v) is 3.12. The molecule has 2 N–H and O–H groups in total. The number of halogens is 1. The number of Topliss-reactive ketones (excluding diaryl/α,β-unsaturated/α-hetero) is 1. The molecule has 0 heterocycles. The Bertz CT molecular complexity index is 863. The molecule has 0 aliphatic rings. The van der Waals surface area contributed by atoms with Gasteiger partial charge in [-0.05, 0) is 25.0 Å². The molecule has 4 nitrogen and oxygen atoms in total. The van der Waals surface area contributed by atoms with Gasteiger partial charge >= 0.3 is 0 Å². The minimum Gasteiger partial charge on any atom is -0.409 e. The van der Waals surface area contributed by atoms with Gasteiger partial charge in [-0.3, -0.25) is 9.59 Å². The molecular formula is C20H18IN2O2U-. The number of anilines is 1. The van der Waals surface area contributed by atoms with E-state index in [0.717, 1.165) is 28.6 Å². The van der Waals surface area contributed by atoms with Crippen LogP contribution in [0.15, 0.2) is 42.5 Å². The van der Waals surface area contributed by atoms with E-state index >= 15 is 0 Å². The van der Waals surface area contributed by atoms with E-state index in [1.807, 2.05) is 38.2 Å². The number of nitrogens with one attached hydrogen (secondary N) is 2. The number of hydrogen-bond donors (Lipinski definition) is 2. The summed E-state index contributed by atoms with van der Waals surface area (Å²) < 4.78 is -0.129. The molecule has 0 aliphatic carbocycles. The van der Waals surface area contributed by atoms with Gasteiger partial charge in [0.1, 0.15) is 0 Å². The van der Waals surface area contributed by atoms with Gasteiger partial charge in [-0.25, -0.2) is 0 Å². The van der Waals surface area contributed by atoms with Gasteiger partial charge in [0.05, 0.1) is 6.21 Å². The molecule has 26 heavy (non-hydrogen) atoms. The molecule has 0 unspecified atom stereocenters. The second-order valence-corrected chi connectivity index (χ2v) is 6.35. The molecule has 6 heteroatoms. The Morgan fingerprint density at radius 2 is 2.00 bits per heavy atom. The number of carbonyl (C=O) groups excluding carboxylic acids is 2. The van der Waals surface area contributed by atoms with E-state index in [9.17, 15) is 9.59 Å². The molecule has 0 aromatic heterocycles. The van der Waals surface area contributed by atoms with Crippen molar-refractivity contribution in [2.24, 2.45) is 0 Å². The normalized spacial score (nSPS) is 10.7. The van der Waals surface area contributed by atoms with Crippen molar-refractivity contribution in [1.82, 2.24) is 0 Å². The summed E-state index contributed by atoms with van der Waals surface area (Å²) >= 11 is 1.73.